The second-order valence-corrected chi connectivity index (χ2v) is 3.44. The summed E-state index contributed by atoms with van der Waals surface area (Å²) in [4.78, 5) is 14.1. The number of benzene rings is 1. The molecule has 0 saturated carbocycles. The third kappa shape index (κ3) is 2.75. The van der Waals surface area contributed by atoms with E-state index in [-0.39, 0.29) is 5.69 Å². The Morgan fingerprint density at radius 2 is 1.88 bits per heavy atom. The first kappa shape index (κ1) is 11.0. The molecule has 0 spiro atoms. The van der Waals surface area contributed by atoms with Crippen LogP contribution in [0.2, 0.25) is 0 Å². The highest BCUT2D eigenvalue weighted by molar-refractivity contribution is 5.73. The maximum Gasteiger partial charge on any atom is 0.294 e. The van der Waals surface area contributed by atoms with E-state index in [9.17, 15) is 10.1 Å². The van der Waals surface area contributed by atoms with Crippen molar-refractivity contribution in [2.75, 3.05) is 0 Å². The Kier molecular flexibility index (Phi) is 3.25. The molecule has 0 radical (unpaired) electrons. The van der Waals surface area contributed by atoms with E-state index in [1.54, 1.807) is 12.1 Å². The van der Waals surface area contributed by atoms with Gasteiger partial charge in [0.05, 0.1) is 10.5 Å². The third-order valence-electron chi connectivity index (χ3n) is 2.28. The lowest BCUT2D eigenvalue weighted by Crippen LogP contribution is -1.91. The van der Waals surface area contributed by atoms with E-state index in [1.165, 1.54) is 12.4 Å². The van der Waals surface area contributed by atoms with Crippen molar-refractivity contribution < 1.29 is 4.92 Å². The molecule has 0 aliphatic heterocycles. The molecule has 0 aliphatic carbocycles. The van der Waals surface area contributed by atoms with Gasteiger partial charge in [-0.1, -0.05) is 36.4 Å². The molecule has 1 aromatic carbocycles. The van der Waals surface area contributed by atoms with E-state index in [0.29, 0.717) is 5.56 Å². The number of nitro groups is 1. The fourth-order valence-electron chi connectivity index (χ4n) is 1.44. The molecule has 1 aromatic heterocycles. The van der Waals surface area contributed by atoms with Gasteiger partial charge in [-0.2, -0.15) is 0 Å². The summed E-state index contributed by atoms with van der Waals surface area (Å²) in [5.41, 5.74) is 1.56. The predicted octanol–water partition coefficient (Wildman–Crippen LogP) is 3.16. The van der Waals surface area contributed by atoms with E-state index in [2.05, 4.69) is 4.98 Å². The lowest BCUT2D eigenvalue weighted by Gasteiger charge is -1.96. The Labute approximate surface area is 98.4 Å². The van der Waals surface area contributed by atoms with Crippen molar-refractivity contribution in [2.45, 2.75) is 0 Å². The Balaban J connectivity index is 2.30. The molecule has 2 aromatic rings. The van der Waals surface area contributed by atoms with Crippen LogP contribution in [-0.4, -0.2) is 9.91 Å². The molecule has 2 rings (SSSR count). The van der Waals surface area contributed by atoms with Gasteiger partial charge in [0.1, 0.15) is 6.20 Å². The van der Waals surface area contributed by atoms with Crippen LogP contribution in [0, 0.1) is 10.1 Å². The Morgan fingerprint density at radius 3 is 2.59 bits per heavy atom. The van der Waals surface area contributed by atoms with Crippen LogP contribution in [0.25, 0.3) is 12.2 Å². The first-order chi connectivity index (χ1) is 8.27. The summed E-state index contributed by atoms with van der Waals surface area (Å²) >= 11 is 0. The zero-order valence-corrected chi connectivity index (χ0v) is 8.98. The van der Waals surface area contributed by atoms with E-state index in [0.717, 1.165) is 5.56 Å². The van der Waals surface area contributed by atoms with Gasteiger partial charge in [-0.05, 0) is 17.7 Å². The van der Waals surface area contributed by atoms with Gasteiger partial charge in [-0.15, -0.1) is 0 Å². The van der Waals surface area contributed by atoms with Crippen molar-refractivity contribution in [1.29, 1.82) is 0 Å². The summed E-state index contributed by atoms with van der Waals surface area (Å²) in [5, 5.41) is 10.8. The standard InChI is InChI=1S/C13H10N2O2/c16-15(17)13-10-14-9-8-12(13)7-6-11-4-2-1-3-5-11/h1-10H/b7-6-. The van der Waals surface area contributed by atoms with E-state index in [1.807, 2.05) is 36.4 Å². The number of hydrogen-bond donors (Lipinski definition) is 0. The minimum absolute atomic E-state index is 0.0136. The average Bonchev–Trinajstić information content (AvgIpc) is 2.38. The second kappa shape index (κ2) is 5.03. The van der Waals surface area contributed by atoms with Crippen LogP contribution in [0.5, 0.6) is 0 Å². The molecule has 17 heavy (non-hydrogen) atoms. The Morgan fingerprint density at radius 1 is 1.12 bits per heavy atom. The third-order valence-corrected chi connectivity index (χ3v) is 2.28. The highest BCUT2D eigenvalue weighted by atomic mass is 16.6. The Bertz CT molecular complexity index is 550. The normalized spacial score (nSPS) is 10.6. The SMILES string of the molecule is O=[N+]([O-])c1cnccc1/C=C\c1ccccc1. The molecule has 0 amide bonds. The predicted molar refractivity (Wildman–Crippen MR) is 66.3 cm³/mol. The number of nitrogens with zero attached hydrogens (tertiary/aromatic N) is 2. The van der Waals surface area contributed by atoms with Gasteiger partial charge in [-0.25, -0.2) is 0 Å². The maximum atomic E-state index is 10.8. The minimum Gasteiger partial charge on any atom is -0.258 e. The van der Waals surface area contributed by atoms with Crippen molar-refractivity contribution >= 4 is 17.8 Å². The molecule has 0 unspecified atom stereocenters. The molecular formula is C13H10N2O2. The number of pyridine rings is 1. The molecular weight excluding hydrogens is 216 g/mol. The van der Waals surface area contributed by atoms with Crippen LogP contribution < -0.4 is 0 Å². The second-order valence-electron chi connectivity index (χ2n) is 3.44. The van der Waals surface area contributed by atoms with Gasteiger partial charge in [0.25, 0.3) is 5.69 Å². The largest absolute Gasteiger partial charge is 0.294 e. The molecule has 0 bridgehead atoms. The molecule has 0 fully saturated rings. The van der Waals surface area contributed by atoms with Gasteiger partial charge in [0, 0.05) is 6.20 Å². The molecule has 0 aliphatic rings. The zero-order valence-electron chi connectivity index (χ0n) is 8.98. The quantitative estimate of drug-likeness (QED) is 0.596. The topological polar surface area (TPSA) is 56.0 Å². The fraction of sp³-hybridized carbons (Fsp3) is 0. The summed E-state index contributed by atoms with van der Waals surface area (Å²) < 4.78 is 0. The summed E-state index contributed by atoms with van der Waals surface area (Å²) in [6.45, 7) is 0. The molecule has 84 valence electrons. The van der Waals surface area contributed by atoms with Gasteiger partial charge >= 0.3 is 0 Å². The summed E-state index contributed by atoms with van der Waals surface area (Å²) in [7, 11) is 0. The van der Waals surface area contributed by atoms with Crippen LogP contribution in [0.1, 0.15) is 11.1 Å². The monoisotopic (exact) mass is 226 g/mol. The van der Waals surface area contributed by atoms with Gasteiger partial charge < -0.3 is 0 Å². The lowest BCUT2D eigenvalue weighted by molar-refractivity contribution is -0.385. The van der Waals surface area contributed by atoms with Crippen LogP contribution in [0.4, 0.5) is 5.69 Å². The number of aromatic nitrogens is 1. The first-order valence-corrected chi connectivity index (χ1v) is 5.09. The number of hydrogen-bond acceptors (Lipinski definition) is 3. The molecule has 4 nitrogen and oxygen atoms in total. The fourth-order valence-corrected chi connectivity index (χ4v) is 1.44. The highest BCUT2D eigenvalue weighted by Gasteiger charge is 2.09. The smallest absolute Gasteiger partial charge is 0.258 e. The van der Waals surface area contributed by atoms with Gasteiger partial charge in [0.15, 0.2) is 0 Å². The maximum absolute atomic E-state index is 10.8. The minimum atomic E-state index is -0.433. The molecule has 1 heterocycles. The van der Waals surface area contributed by atoms with E-state index in [4.69, 9.17) is 0 Å². The Hall–Kier alpha value is -2.49. The van der Waals surface area contributed by atoms with Crippen molar-refractivity contribution in [3.05, 3.63) is 70.0 Å². The summed E-state index contributed by atoms with van der Waals surface area (Å²) in [6.07, 6.45) is 6.35. The molecule has 0 atom stereocenters. The zero-order chi connectivity index (χ0) is 12.1. The van der Waals surface area contributed by atoms with Crippen molar-refractivity contribution in [2.24, 2.45) is 0 Å². The van der Waals surface area contributed by atoms with Crippen molar-refractivity contribution in [3.63, 3.8) is 0 Å². The average molecular weight is 226 g/mol. The highest BCUT2D eigenvalue weighted by Crippen LogP contribution is 2.18. The van der Waals surface area contributed by atoms with E-state index >= 15 is 0 Å². The van der Waals surface area contributed by atoms with Gasteiger partial charge in [-0.3, -0.25) is 15.1 Å². The van der Waals surface area contributed by atoms with Crippen molar-refractivity contribution in [1.82, 2.24) is 4.98 Å². The molecule has 0 saturated heterocycles. The van der Waals surface area contributed by atoms with Crippen LogP contribution in [0.15, 0.2) is 48.8 Å². The van der Waals surface area contributed by atoms with Crippen LogP contribution >= 0.6 is 0 Å². The summed E-state index contributed by atoms with van der Waals surface area (Å²) in [5.74, 6) is 0. The molecule has 4 heteroatoms. The molecule has 0 N–H and O–H groups in total. The van der Waals surface area contributed by atoms with E-state index < -0.39 is 4.92 Å². The van der Waals surface area contributed by atoms with Crippen molar-refractivity contribution in [3.8, 4) is 0 Å². The lowest BCUT2D eigenvalue weighted by atomic mass is 10.1. The first-order valence-electron chi connectivity index (χ1n) is 5.09. The summed E-state index contributed by atoms with van der Waals surface area (Å²) in [6, 6.07) is 11.2. The number of rotatable bonds is 3. The van der Waals surface area contributed by atoms with Crippen LogP contribution in [-0.2, 0) is 0 Å². The van der Waals surface area contributed by atoms with Gasteiger partial charge in [0.2, 0.25) is 0 Å². The van der Waals surface area contributed by atoms with Crippen LogP contribution in [0.3, 0.4) is 0 Å².